The summed E-state index contributed by atoms with van der Waals surface area (Å²) in [5.41, 5.74) is 7.41. The molecular weight excluding hydrogens is 322 g/mol. The first-order chi connectivity index (χ1) is 9.72. The molecule has 6 nitrogen and oxygen atoms in total. The van der Waals surface area contributed by atoms with Gasteiger partial charge in [-0.15, -0.1) is 5.10 Å². The fraction of sp³-hybridized carbons (Fsp3) is 0.462. The van der Waals surface area contributed by atoms with Gasteiger partial charge in [0.05, 0.1) is 13.2 Å². The highest BCUT2D eigenvalue weighted by molar-refractivity contribution is 9.10. The van der Waals surface area contributed by atoms with Crippen LogP contribution < -0.4 is 5.73 Å². The average Bonchev–Trinajstić information content (AvgIpc) is 3.10. The van der Waals surface area contributed by atoms with Gasteiger partial charge >= 0.3 is 0 Å². The number of anilines is 1. The van der Waals surface area contributed by atoms with Crippen LogP contribution in [0.4, 0.5) is 5.69 Å². The number of aromatic nitrogens is 4. The van der Waals surface area contributed by atoms with Crippen molar-refractivity contribution < 1.29 is 4.74 Å². The van der Waals surface area contributed by atoms with Crippen molar-refractivity contribution in [3.05, 3.63) is 22.7 Å². The third-order valence-corrected chi connectivity index (χ3v) is 3.67. The molecule has 3 rings (SSSR count). The second kappa shape index (κ2) is 5.88. The molecule has 1 aromatic heterocycles. The molecule has 1 aliphatic carbocycles. The van der Waals surface area contributed by atoms with Crippen molar-refractivity contribution in [3.8, 4) is 11.4 Å². The van der Waals surface area contributed by atoms with Crippen molar-refractivity contribution in [2.75, 3.05) is 18.9 Å². The maximum atomic E-state index is 5.84. The minimum absolute atomic E-state index is 0.623. The van der Waals surface area contributed by atoms with Crippen molar-refractivity contribution in [2.24, 2.45) is 5.92 Å². The normalized spacial score (nSPS) is 14.7. The van der Waals surface area contributed by atoms with Crippen LogP contribution in [0.25, 0.3) is 11.4 Å². The molecule has 0 unspecified atom stereocenters. The van der Waals surface area contributed by atoms with E-state index in [1.54, 1.807) is 4.68 Å². The van der Waals surface area contributed by atoms with Gasteiger partial charge in [0.2, 0.25) is 0 Å². The van der Waals surface area contributed by atoms with Crippen LogP contribution in [-0.4, -0.2) is 33.4 Å². The first-order valence-corrected chi connectivity index (χ1v) is 7.42. The quantitative estimate of drug-likeness (QED) is 0.645. The third-order valence-electron chi connectivity index (χ3n) is 3.21. The Labute approximate surface area is 125 Å². The van der Waals surface area contributed by atoms with Gasteiger partial charge in [-0.1, -0.05) is 15.9 Å². The van der Waals surface area contributed by atoms with Crippen molar-refractivity contribution in [3.63, 3.8) is 0 Å². The molecule has 0 radical (unpaired) electrons. The van der Waals surface area contributed by atoms with Crippen LogP contribution in [0.2, 0.25) is 0 Å². The number of nitrogen functional groups attached to an aromatic ring is 1. The minimum Gasteiger partial charge on any atom is -0.399 e. The Morgan fingerprint density at radius 1 is 1.35 bits per heavy atom. The van der Waals surface area contributed by atoms with Crippen LogP contribution in [0.15, 0.2) is 22.7 Å². The summed E-state index contributed by atoms with van der Waals surface area (Å²) >= 11 is 3.43. The van der Waals surface area contributed by atoms with Gasteiger partial charge in [0.25, 0.3) is 0 Å². The van der Waals surface area contributed by atoms with Gasteiger partial charge in [-0.25, -0.2) is 4.68 Å². The van der Waals surface area contributed by atoms with Crippen molar-refractivity contribution in [1.82, 2.24) is 20.2 Å². The van der Waals surface area contributed by atoms with Gasteiger partial charge in [-0.3, -0.25) is 0 Å². The number of rotatable bonds is 6. The van der Waals surface area contributed by atoms with E-state index in [-0.39, 0.29) is 0 Å². The molecule has 2 aromatic rings. The number of nitrogens with zero attached hydrogens (tertiary/aromatic N) is 4. The Hall–Kier alpha value is -1.47. The highest BCUT2D eigenvalue weighted by Gasteiger charge is 2.21. The van der Waals surface area contributed by atoms with Gasteiger partial charge in [0.1, 0.15) is 0 Å². The highest BCUT2D eigenvalue weighted by atomic mass is 79.9. The van der Waals surface area contributed by atoms with Crippen LogP contribution in [0.5, 0.6) is 0 Å². The van der Waals surface area contributed by atoms with E-state index in [4.69, 9.17) is 10.5 Å². The van der Waals surface area contributed by atoms with Crippen LogP contribution in [-0.2, 0) is 11.3 Å². The summed E-state index contributed by atoms with van der Waals surface area (Å²) in [5, 5.41) is 11.8. The van der Waals surface area contributed by atoms with Gasteiger partial charge in [0.15, 0.2) is 5.82 Å². The maximum absolute atomic E-state index is 5.84. The van der Waals surface area contributed by atoms with Crippen LogP contribution in [0, 0.1) is 5.92 Å². The van der Waals surface area contributed by atoms with Crippen molar-refractivity contribution in [1.29, 1.82) is 0 Å². The largest absolute Gasteiger partial charge is 0.399 e. The average molecular weight is 338 g/mol. The van der Waals surface area contributed by atoms with Crippen LogP contribution in [0.1, 0.15) is 12.8 Å². The Kier molecular flexibility index (Phi) is 3.98. The topological polar surface area (TPSA) is 78.9 Å². The third kappa shape index (κ3) is 3.34. The lowest BCUT2D eigenvalue weighted by molar-refractivity contribution is 0.114. The zero-order valence-electron chi connectivity index (χ0n) is 11.0. The Morgan fingerprint density at radius 2 is 2.20 bits per heavy atom. The number of hydrogen-bond acceptors (Lipinski definition) is 5. The molecule has 1 saturated carbocycles. The van der Waals surface area contributed by atoms with Crippen LogP contribution in [0.3, 0.4) is 0 Å². The number of nitrogens with two attached hydrogens (primary N) is 1. The summed E-state index contributed by atoms with van der Waals surface area (Å²) in [6, 6.07) is 5.65. The van der Waals surface area contributed by atoms with E-state index in [9.17, 15) is 0 Å². The van der Waals surface area contributed by atoms with Gasteiger partial charge in [-0.05, 0) is 47.4 Å². The lowest BCUT2D eigenvalue weighted by Crippen LogP contribution is -2.10. The van der Waals surface area contributed by atoms with Crippen LogP contribution >= 0.6 is 15.9 Å². The molecule has 1 heterocycles. The smallest absolute Gasteiger partial charge is 0.182 e. The van der Waals surface area contributed by atoms with E-state index >= 15 is 0 Å². The van der Waals surface area contributed by atoms with E-state index < -0.39 is 0 Å². The molecule has 0 aliphatic heterocycles. The monoisotopic (exact) mass is 337 g/mol. The number of halogens is 1. The molecular formula is C13H16BrN5O. The summed E-state index contributed by atoms with van der Waals surface area (Å²) in [4.78, 5) is 0. The molecule has 1 fully saturated rings. The van der Waals surface area contributed by atoms with Gasteiger partial charge in [-0.2, -0.15) is 0 Å². The molecule has 0 atom stereocenters. The standard InChI is InChI=1S/C13H16BrN5O/c14-11-5-10(6-12(15)7-11)13-16-17-18-19(13)3-4-20-8-9-1-2-9/h5-7,9H,1-4,8,15H2. The first-order valence-electron chi connectivity index (χ1n) is 6.63. The van der Waals surface area contributed by atoms with E-state index in [1.807, 2.05) is 18.2 Å². The molecule has 2 N–H and O–H groups in total. The minimum atomic E-state index is 0.623. The van der Waals surface area contributed by atoms with E-state index in [0.29, 0.717) is 24.7 Å². The number of benzene rings is 1. The molecule has 7 heteroatoms. The number of tetrazole rings is 1. The summed E-state index contributed by atoms with van der Waals surface area (Å²) in [7, 11) is 0. The van der Waals surface area contributed by atoms with Gasteiger partial charge < -0.3 is 10.5 Å². The second-order valence-electron chi connectivity index (χ2n) is 5.02. The molecule has 0 saturated heterocycles. The lowest BCUT2D eigenvalue weighted by Gasteiger charge is -2.06. The Morgan fingerprint density at radius 3 is 2.95 bits per heavy atom. The lowest BCUT2D eigenvalue weighted by atomic mass is 10.2. The first kappa shape index (κ1) is 13.5. The predicted molar refractivity (Wildman–Crippen MR) is 78.9 cm³/mol. The summed E-state index contributed by atoms with van der Waals surface area (Å²) in [5.74, 6) is 1.47. The number of ether oxygens (including phenoxy) is 1. The second-order valence-corrected chi connectivity index (χ2v) is 5.93. The zero-order valence-corrected chi connectivity index (χ0v) is 12.6. The van der Waals surface area contributed by atoms with Crippen molar-refractivity contribution in [2.45, 2.75) is 19.4 Å². The molecule has 1 aromatic carbocycles. The molecule has 0 bridgehead atoms. The summed E-state index contributed by atoms with van der Waals surface area (Å²) in [6.07, 6.45) is 2.60. The Balaban J connectivity index is 1.68. The number of hydrogen-bond donors (Lipinski definition) is 1. The van der Waals surface area contributed by atoms with Crippen molar-refractivity contribution >= 4 is 21.6 Å². The van der Waals surface area contributed by atoms with Gasteiger partial charge in [0, 0.05) is 22.3 Å². The fourth-order valence-corrected chi connectivity index (χ4v) is 2.50. The molecule has 1 aliphatic rings. The molecule has 106 valence electrons. The highest BCUT2D eigenvalue weighted by Crippen LogP contribution is 2.28. The van der Waals surface area contributed by atoms with E-state index in [1.165, 1.54) is 12.8 Å². The summed E-state index contributed by atoms with van der Waals surface area (Å²) in [6.45, 7) is 2.11. The molecule has 20 heavy (non-hydrogen) atoms. The molecule has 0 amide bonds. The SMILES string of the molecule is Nc1cc(Br)cc(-c2nnnn2CCOCC2CC2)c1. The maximum Gasteiger partial charge on any atom is 0.182 e. The van der Waals surface area contributed by atoms with E-state index in [2.05, 4.69) is 31.5 Å². The molecule has 0 spiro atoms. The Bertz CT molecular complexity index is 576. The predicted octanol–water partition coefficient (Wildman–Crippen LogP) is 2.11. The fourth-order valence-electron chi connectivity index (χ4n) is 1.99. The zero-order chi connectivity index (χ0) is 13.9. The van der Waals surface area contributed by atoms with E-state index in [0.717, 1.165) is 22.6 Å². The summed E-state index contributed by atoms with van der Waals surface area (Å²) < 4.78 is 8.27.